The molecule has 23 heavy (non-hydrogen) atoms. The number of rotatable bonds is 4. The molecule has 2 heterocycles. The number of hydrogen-bond donors (Lipinski definition) is 0. The van der Waals surface area contributed by atoms with Crippen LogP contribution in [0.1, 0.15) is 23.2 Å². The van der Waals surface area contributed by atoms with Crippen molar-refractivity contribution in [1.82, 2.24) is 4.90 Å². The number of nitrogens with zero attached hydrogens (tertiary/aromatic N) is 3. The molecule has 4 nitrogen and oxygen atoms in total. The molecule has 0 N–H and O–H groups in total. The van der Waals surface area contributed by atoms with Crippen molar-refractivity contribution in [2.45, 2.75) is 19.4 Å². The topological polar surface area (TPSA) is 36.5 Å². The maximum atomic E-state index is 12.5. The van der Waals surface area contributed by atoms with Gasteiger partial charge in [-0.05, 0) is 29.6 Å². The zero-order valence-corrected chi connectivity index (χ0v) is 14.7. The van der Waals surface area contributed by atoms with Gasteiger partial charge in [-0.2, -0.15) is 0 Å². The predicted octanol–water partition coefficient (Wildman–Crippen LogP) is 3.38. The van der Waals surface area contributed by atoms with Crippen LogP contribution < -0.4 is 4.57 Å². The Morgan fingerprint density at radius 2 is 2.04 bits per heavy atom. The van der Waals surface area contributed by atoms with Crippen molar-refractivity contribution in [3.63, 3.8) is 0 Å². The van der Waals surface area contributed by atoms with E-state index in [0.717, 1.165) is 35.5 Å². The number of amidine groups is 1. The Bertz CT molecular complexity index is 740. The average molecular weight is 373 g/mol. The summed E-state index contributed by atoms with van der Waals surface area (Å²) in [6, 6.07) is 13.3. The van der Waals surface area contributed by atoms with Crippen LogP contribution in [0, 0.1) is 0 Å². The van der Waals surface area contributed by atoms with Gasteiger partial charge in [0.15, 0.2) is 6.54 Å². The molecule has 0 spiro atoms. The maximum absolute atomic E-state index is 12.5. The molecule has 1 aliphatic heterocycles. The average Bonchev–Trinajstić information content (AvgIpc) is 2.95. The van der Waals surface area contributed by atoms with Crippen molar-refractivity contribution >= 4 is 33.4 Å². The molecular formula is C18H19BrN3O+. The van der Waals surface area contributed by atoms with Gasteiger partial charge in [0.1, 0.15) is 0 Å². The summed E-state index contributed by atoms with van der Waals surface area (Å²) in [6.45, 7) is 1.34. The van der Waals surface area contributed by atoms with Crippen LogP contribution in [-0.4, -0.2) is 30.1 Å². The third-order valence-electron chi connectivity index (χ3n) is 3.97. The summed E-state index contributed by atoms with van der Waals surface area (Å²) in [5.74, 6) is 1.98. The van der Waals surface area contributed by atoms with E-state index in [1.165, 1.54) is 0 Å². The van der Waals surface area contributed by atoms with Gasteiger partial charge in [-0.1, -0.05) is 34.1 Å². The number of pyridine rings is 1. The lowest BCUT2D eigenvalue weighted by molar-refractivity contribution is -0.670. The Labute approximate surface area is 144 Å². The Hall–Kier alpha value is -2.01. The van der Waals surface area contributed by atoms with Crippen LogP contribution in [0.4, 0.5) is 5.82 Å². The minimum absolute atomic E-state index is 0.0786. The van der Waals surface area contributed by atoms with E-state index in [9.17, 15) is 4.79 Å². The van der Waals surface area contributed by atoms with Crippen LogP contribution in [0.2, 0.25) is 0 Å². The first-order valence-corrected chi connectivity index (χ1v) is 8.49. The van der Waals surface area contributed by atoms with E-state index >= 15 is 0 Å². The standard InChI is InChI=1S/C18H19BrN3O/c1-21-11-4-6-17(21)20-18-5-2-3-12-22(18)13-16(23)14-7-9-15(19)10-8-14/h2-3,5,7-10,12H,4,6,11,13H2,1H3/q+1. The Morgan fingerprint density at radius 1 is 1.26 bits per heavy atom. The van der Waals surface area contributed by atoms with E-state index < -0.39 is 0 Å². The smallest absolute Gasteiger partial charge is 0.325 e. The highest BCUT2D eigenvalue weighted by atomic mass is 79.9. The molecule has 0 radical (unpaired) electrons. The molecule has 0 atom stereocenters. The minimum Gasteiger partial charge on any atom is -0.343 e. The zero-order chi connectivity index (χ0) is 16.2. The van der Waals surface area contributed by atoms with Gasteiger partial charge in [0.25, 0.3) is 0 Å². The third-order valence-corrected chi connectivity index (χ3v) is 4.50. The summed E-state index contributed by atoms with van der Waals surface area (Å²) in [7, 11) is 2.06. The van der Waals surface area contributed by atoms with Crippen molar-refractivity contribution in [2.24, 2.45) is 4.99 Å². The number of ketones is 1. The summed E-state index contributed by atoms with van der Waals surface area (Å²) in [6.07, 6.45) is 4.04. The largest absolute Gasteiger partial charge is 0.343 e. The lowest BCUT2D eigenvalue weighted by Gasteiger charge is -2.07. The van der Waals surface area contributed by atoms with Crippen LogP contribution in [0.3, 0.4) is 0 Å². The first kappa shape index (κ1) is 15.9. The maximum Gasteiger partial charge on any atom is 0.325 e. The van der Waals surface area contributed by atoms with Gasteiger partial charge in [-0.15, -0.1) is 0 Å². The van der Waals surface area contributed by atoms with Crippen LogP contribution in [0.15, 0.2) is 58.1 Å². The summed E-state index contributed by atoms with van der Waals surface area (Å²) < 4.78 is 2.88. The summed E-state index contributed by atoms with van der Waals surface area (Å²) in [5, 5.41) is 0. The molecule has 0 bridgehead atoms. The zero-order valence-electron chi connectivity index (χ0n) is 13.1. The molecule has 5 heteroatoms. The van der Waals surface area contributed by atoms with Gasteiger partial charge in [0.05, 0.1) is 6.20 Å². The highest BCUT2D eigenvalue weighted by Gasteiger charge is 2.21. The van der Waals surface area contributed by atoms with E-state index in [-0.39, 0.29) is 12.3 Å². The van der Waals surface area contributed by atoms with Crippen molar-refractivity contribution in [3.05, 3.63) is 58.7 Å². The molecule has 0 amide bonds. The molecule has 1 saturated heterocycles. The summed E-state index contributed by atoms with van der Waals surface area (Å²) in [5.41, 5.74) is 0.709. The SMILES string of the molecule is CN1CCC/C1=N\c1cccc[n+]1CC(=O)c1ccc(Br)cc1. The second-order valence-corrected chi connectivity index (χ2v) is 6.59. The first-order valence-electron chi connectivity index (χ1n) is 7.69. The monoisotopic (exact) mass is 372 g/mol. The minimum atomic E-state index is 0.0786. The fraction of sp³-hybridized carbons (Fsp3) is 0.278. The second-order valence-electron chi connectivity index (χ2n) is 5.67. The molecule has 0 saturated carbocycles. The molecule has 1 aromatic carbocycles. The number of halogens is 1. The van der Waals surface area contributed by atoms with Crippen molar-refractivity contribution in [1.29, 1.82) is 0 Å². The van der Waals surface area contributed by atoms with Crippen LogP contribution >= 0.6 is 15.9 Å². The quantitative estimate of drug-likeness (QED) is 0.609. The molecular weight excluding hydrogens is 354 g/mol. The van der Waals surface area contributed by atoms with E-state index in [0.29, 0.717) is 5.56 Å². The number of carbonyl (C=O) groups excluding carboxylic acids is 1. The van der Waals surface area contributed by atoms with Crippen molar-refractivity contribution < 1.29 is 9.36 Å². The highest BCUT2D eigenvalue weighted by molar-refractivity contribution is 9.10. The molecule has 0 aliphatic carbocycles. The van der Waals surface area contributed by atoms with E-state index in [4.69, 9.17) is 4.99 Å². The van der Waals surface area contributed by atoms with Crippen LogP contribution in [0.5, 0.6) is 0 Å². The number of aromatic nitrogens is 1. The molecule has 3 rings (SSSR count). The van der Waals surface area contributed by atoms with Crippen LogP contribution in [0.25, 0.3) is 0 Å². The first-order chi connectivity index (χ1) is 11.1. The van der Waals surface area contributed by atoms with Crippen LogP contribution in [-0.2, 0) is 6.54 Å². The van der Waals surface area contributed by atoms with E-state index in [2.05, 4.69) is 27.9 Å². The molecule has 0 unspecified atom stereocenters. The fourth-order valence-electron chi connectivity index (χ4n) is 2.65. The number of hydrogen-bond acceptors (Lipinski definition) is 2. The molecule has 1 fully saturated rings. The lowest BCUT2D eigenvalue weighted by Crippen LogP contribution is -2.38. The molecule has 1 aromatic heterocycles. The second kappa shape index (κ2) is 7.04. The Balaban J connectivity index is 1.83. The Kier molecular flexibility index (Phi) is 4.86. The van der Waals surface area contributed by atoms with Gasteiger partial charge in [-0.3, -0.25) is 4.79 Å². The normalized spacial score (nSPS) is 16.1. The number of carbonyl (C=O) groups is 1. The third kappa shape index (κ3) is 3.85. The molecule has 2 aromatic rings. The van der Waals surface area contributed by atoms with Crippen molar-refractivity contribution in [2.75, 3.05) is 13.6 Å². The number of likely N-dealkylation sites (tertiary alicyclic amines) is 1. The number of aliphatic imine (C=N–C) groups is 1. The predicted molar refractivity (Wildman–Crippen MR) is 94.1 cm³/mol. The number of Topliss-reactive ketones (excluding diaryl/α,β-unsaturated/α-hetero) is 1. The molecule has 1 aliphatic rings. The van der Waals surface area contributed by atoms with Gasteiger partial charge in [0, 0.05) is 36.1 Å². The molecule has 118 valence electrons. The van der Waals surface area contributed by atoms with Gasteiger partial charge in [0.2, 0.25) is 11.6 Å². The van der Waals surface area contributed by atoms with Gasteiger partial charge < -0.3 is 4.90 Å². The highest BCUT2D eigenvalue weighted by Crippen LogP contribution is 2.15. The van der Waals surface area contributed by atoms with Gasteiger partial charge in [-0.25, -0.2) is 4.57 Å². The van der Waals surface area contributed by atoms with E-state index in [1.807, 2.05) is 53.2 Å². The van der Waals surface area contributed by atoms with Gasteiger partial charge >= 0.3 is 5.82 Å². The van der Waals surface area contributed by atoms with Crippen molar-refractivity contribution in [3.8, 4) is 0 Å². The summed E-state index contributed by atoms with van der Waals surface area (Å²) >= 11 is 3.39. The number of benzene rings is 1. The fourth-order valence-corrected chi connectivity index (χ4v) is 2.92. The Morgan fingerprint density at radius 3 is 2.74 bits per heavy atom. The van der Waals surface area contributed by atoms with E-state index in [1.54, 1.807) is 0 Å². The lowest BCUT2D eigenvalue weighted by atomic mass is 10.1. The summed E-state index contributed by atoms with van der Waals surface area (Å²) in [4.78, 5) is 19.4.